The lowest BCUT2D eigenvalue weighted by Gasteiger charge is -2.45. The summed E-state index contributed by atoms with van der Waals surface area (Å²) < 4.78 is 13.3. The Morgan fingerprint density at radius 2 is 1.23 bits per heavy atom. The molecular weight excluding hydrogens is 480 g/mol. The largest absolute Gasteiger partial charge is 0.457 e. The molecular formula is C35H24N2O2. The predicted octanol–water partition coefficient (Wildman–Crippen LogP) is 7.84. The third-order valence-corrected chi connectivity index (χ3v) is 7.91. The summed E-state index contributed by atoms with van der Waals surface area (Å²) in [6.07, 6.45) is 8.13. The Hall–Kier alpha value is -5.09. The second kappa shape index (κ2) is 8.47. The molecule has 4 aromatic carbocycles. The highest BCUT2D eigenvalue weighted by atomic mass is 16.5. The Kier molecular flexibility index (Phi) is 4.76. The molecule has 39 heavy (non-hydrogen) atoms. The summed E-state index contributed by atoms with van der Waals surface area (Å²) in [4.78, 5) is 4.60. The van der Waals surface area contributed by atoms with Gasteiger partial charge in [-0.15, -0.1) is 0 Å². The number of benzene rings is 4. The van der Waals surface area contributed by atoms with Crippen molar-refractivity contribution in [3.05, 3.63) is 155 Å². The summed E-state index contributed by atoms with van der Waals surface area (Å²) in [5.41, 5.74) is 8.03. The number of pyridine rings is 1. The number of hydrogen-bond acceptors (Lipinski definition) is 4. The van der Waals surface area contributed by atoms with Crippen LogP contribution in [-0.2, 0) is 5.41 Å². The summed E-state index contributed by atoms with van der Waals surface area (Å²) in [5, 5.41) is 3.24. The molecule has 1 spiro atoms. The van der Waals surface area contributed by atoms with E-state index in [1.54, 1.807) is 0 Å². The molecule has 0 aliphatic carbocycles. The normalized spacial score (nSPS) is 15.4. The molecule has 0 amide bonds. The van der Waals surface area contributed by atoms with E-state index in [4.69, 9.17) is 9.47 Å². The zero-order valence-electron chi connectivity index (χ0n) is 21.1. The quantitative estimate of drug-likeness (QED) is 0.260. The highest BCUT2D eigenvalue weighted by molar-refractivity contribution is 5.81. The average molecular weight is 505 g/mol. The van der Waals surface area contributed by atoms with E-state index in [2.05, 4.69) is 95.2 Å². The highest BCUT2D eigenvalue weighted by Crippen LogP contribution is 2.61. The van der Waals surface area contributed by atoms with E-state index in [1.807, 2.05) is 42.7 Å². The zero-order valence-corrected chi connectivity index (χ0v) is 21.1. The van der Waals surface area contributed by atoms with E-state index in [-0.39, 0.29) is 0 Å². The lowest BCUT2D eigenvalue weighted by atomic mass is 9.62. The first-order valence-corrected chi connectivity index (χ1v) is 13.2. The molecule has 0 saturated carbocycles. The third-order valence-electron chi connectivity index (χ3n) is 7.91. The molecule has 0 radical (unpaired) electrons. The molecule has 4 heteroatoms. The topological polar surface area (TPSA) is 43.4 Å². The Morgan fingerprint density at radius 3 is 1.90 bits per heavy atom. The fraction of sp³-hybridized carbons (Fsp3) is 0.0571. The number of para-hydroxylation sites is 2. The minimum absolute atomic E-state index is 0.603. The van der Waals surface area contributed by atoms with Crippen molar-refractivity contribution in [2.24, 2.45) is 0 Å². The molecule has 0 atom stereocenters. The second-order valence-electron chi connectivity index (χ2n) is 9.98. The summed E-state index contributed by atoms with van der Waals surface area (Å²) in [6, 6.07) is 35.8. The molecule has 0 fully saturated rings. The van der Waals surface area contributed by atoms with Gasteiger partial charge in [0.25, 0.3) is 0 Å². The van der Waals surface area contributed by atoms with Crippen molar-refractivity contribution in [3.63, 3.8) is 0 Å². The predicted molar refractivity (Wildman–Crippen MR) is 153 cm³/mol. The van der Waals surface area contributed by atoms with Gasteiger partial charge in [0.15, 0.2) is 0 Å². The van der Waals surface area contributed by atoms with Crippen molar-refractivity contribution >= 4 is 5.57 Å². The number of dihydropyridines is 1. The Morgan fingerprint density at radius 1 is 0.615 bits per heavy atom. The van der Waals surface area contributed by atoms with Gasteiger partial charge in [-0.05, 0) is 59.8 Å². The van der Waals surface area contributed by atoms with Gasteiger partial charge in [-0.2, -0.15) is 0 Å². The molecule has 0 bridgehead atoms. The van der Waals surface area contributed by atoms with Crippen LogP contribution < -0.4 is 14.8 Å². The molecule has 4 heterocycles. The number of nitrogens with zero attached hydrogens (tertiary/aromatic N) is 1. The fourth-order valence-corrected chi connectivity index (χ4v) is 6.21. The number of fused-ring (bicyclic) bond motifs is 8. The number of hydrogen-bond donors (Lipinski definition) is 1. The summed E-state index contributed by atoms with van der Waals surface area (Å²) in [5.74, 6) is 3.38. The van der Waals surface area contributed by atoms with Crippen LogP contribution in [0.2, 0.25) is 0 Å². The highest BCUT2D eigenvalue weighted by Gasteiger charge is 2.50. The summed E-state index contributed by atoms with van der Waals surface area (Å²) in [6.45, 7) is 0.808. The van der Waals surface area contributed by atoms with Gasteiger partial charge in [-0.1, -0.05) is 72.8 Å². The first kappa shape index (κ1) is 21.9. The van der Waals surface area contributed by atoms with E-state index >= 15 is 0 Å². The minimum Gasteiger partial charge on any atom is -0.457 e. The third kappa shape index (κ3) is 3.21. The van der Waals surface area contributed by atoms with Crippen LogP contribution in [-0.4, -0.2) is 11.5 Å². The Balaban J connectivity index is 1.45. The van der Waals surface area contributed by atoms with Crippen molar-refractivity contribution < 1.29 is 9.47 Å². The molecule has 4 nitrogen and oxygen atoms in total. The Bertz CT molecular complexity index is 1770. The first-order chi connectivity index (χ1) is 19.3. The van der Waals surface area contributed by atoms with Crippen LogP contribution >= 0.6 is 0 Å². The van der Waals surface area contributed by atoms with E-state index in [0.29, 0.717) is 0 Å². The standard InChI is InChI=1S/C35H24N2O2/c1-3-10-31-26(7-1)35(27-8-2-4-11-32(27)38-31)28-14-12-24(23-16-19-36-20-17-23)21-33(28)39-34-22-25(13-15-29(34)35)30-9-5-6-18-37-30/h1-19,21-22,36H,20H2. The van der Waals surface area contributed by atoms with Crippen molar-refractivity contribution in [2.45, 2.75) is 5.41 Å². The molecule has 1 N–H and O–H groups in total. The van der Waals surface area contributed by atoms with Crippen LogP contribution in [0.4, 0.5) is 0 Å². The van der Waals surface area contributed by atoms with Gasteiger partial charge in [0.1, 0.15) is 23.0 Å². The van der Waals surface area contributed by atoms with Gasteiger partial charge in [0, 0.05) is 40.6 Å². The van der Waals surface area contributed by atoms with Gasteiger partial charge in [-0.25, -0.2) is 0 Å². The van der Waals surface area contributed by atoms with E-state index < -0.39 is 5.41 Å². The maximum absolute atomic E-state index is 6.79. The fourth-order valence-electron chi connectivity index (χ4n) is 6.21. The average Bonchev–Trinajstić information content (AvgIpc) is 3.01. The van der Waals surface area contributed by atoms with Gasteiger partial charge < -0.3 is 14.8 Å². The van der Waals surface area contributed by atoms with Gasteiger partial charge >= 0.3 is 0 Å². The number of allylic oxidation sites excluding steroid dienone is 2. The van der Waals surface area contributed by atoms with Crippen molar-refractivity contribution in [3.8, 4) is 34.3 Å². The summed E-state index contributed by atoms with van der Waals surface area (Å²) in [7, 11) is 0. The van der Waals surface area contributed by atoms with E-state index in [1.165, 1.54) is 5.57 Å². The lowest BCUT2D eigenvalue weighted by molar-refractivity contribution is 0.399. The molecule has 5 aromatic rings. The van der Waals surface area contributed by atoms with Gasteiger partial charge in [0.2, 0.25) is 0 Å². The number of ether oxygens (including phenoxy) is 2. The smallest absolute Gasteiger partial charge is 0.132 e. The zero-order chi connectivity index (χ0) is 25.8. The lowest BCUT2D eigenvalue weighted by Crippen LogP contribution is -2.36. The molecule has 3 aliphatic rings. The van der Waals surface area contributed by atoms with Crippen molar-refractivity contribution in [1.29, 1.82) is 0 Å². The van der Waals surface area contributed by atoms with Crippen LogP contribution in [0.25, 0.3) is 16.8 Å². The SMILES string of the molecule is C1=CC(c2ccc3c(c2)Oc2cc(-c4ccccn4)ccc2C32c3ccccc3Oc3ccccc32)=CCN1. The van der Waals surface area contributed by atoms with Crippen LogP contribution in [0.3, 0.4) is 0 Å². The molecule has 1 aromatic heterocycles. The maximum Gasteiger partial charge on any atom is 0.132 e. The molecule has 3 aliphatic heterocycles. The number of nitrogens with one attached hydrogen (secondary N) is 1. The van der Waals surface area contributed by atoms with Crippen molar-refractivity contribution in [1.82, 2.24) is 10.3 Å². The summed E-state index contributed by atoms with van der Waals surface area (Å²) >= 11 is 0. The Labute approximate surface area is 226 Å². The second-order valence-corrected chi connectivity index (χ2v) is 9.98. The molecule has 186 valence electrons. The maximum atomic E-state index is 6.79. The number of rotatable bonds is 2. The first-order valence-electron chi connectivity index (χ1n) is 13.2. The molecule has 8 rings (SSSR count). The van der Waals surface area contributed by atoms with Crippen LogP contribution in [0.1, 0.15) is 27.8 Å². The van der Waals surface area contributed by atoms with Crippen LogP contribution in [0.5, 0.6) is 23.0 Å². The minimum atomic E-state index is -0.603. The van der Waals surface area contributed by atoms with Crippen molar-refractivity contribution in [2.75, 3.05) is 6.54 Å². The molecule has 0 saturated heterocycles. The number of aromatic nitrogens is 1. The van der Waals surface area contributed by atoms with Crippen LogP contribution in [0, 0.1) is 0 Å². The van der Waals surface area contributed by atoms with E-state index in [0.717, 1.165) is 68.6 Å². The van der Waals surface area contributed by atoms with Gasteiger partial charge in [-0.3, -0.25) is 4.98 Å². The van der Waals surface area contributed by atoms with Crippen LogP contribution in [0.15, 0.2) is 128 Å². The van der Waals surface area contributed by atoms with Gasteiger partial charge in [0.05, 0.1) is 11.1 Å². The van der Waals surface area contributed by atoms with E-state index in [9.17, 15) is 0 Å². The molecule has 0 unspecified atom stereocenters. The monoisotopic (exact) mass is 504 g/mol.